The van der Waals surface area contributed by atoms with Crippen LogP contribution in [-0.4, -0.2) is 94.5 Å². The largest absolute Gasteiger partial charge is 0.494 e. The molecule has 5 aromatic rings. The minimum atomic E-state index is -0.476. The monoisotopic (exact) mass is 1290 g/mol. The Morgan fingerprint density at radius 2 is 0.847 bits per heavy atom. The van der Waals surface area contributed by atoms with Crippen LogP contribution in [0.15, 0.2) is 152 Å². The SMILES string of the molecule is CC1(C)OB(B2OC(C)(C)C(C)(C)O2)OC1(C)C.CC1(C)OB(c2ccc(CO)cc2)OC1(C)C.CC1(C)OB(c2ccc(COc3ccc4nc5ccc(=O)cc-5oc4c3)cc2)OC1(C)C.O=Cc1ccc(Br)cc1.OCc1ccc(Br)cc1. The average molecular weight is 1290 g/mol. The number of carbonyl (C=O) groups excluding carboxylic acids is 1. The van der Waals surface area contributed by atoms with Gasteiger partial charge in [0, 0.05) is 26.6 Å². The van der Waals surface area contributed by atoms with Crippen molar-refractivity contribution in [3.05, 3.63) is 175 Å². The topological polar surface area (TPSA) is 184 Å². The lowest BCUT2D eigenvalue weighted by Crippen LogP contribution is -2.41. The molecule has 11 rings (SSSR count). The van der Waals surface area contributed by atoms with E-state index in [-0.39, 0.29) is 77.7 Å². The summed E-state index contributed by atoms with van der Waals surface area (Å²) in [6.07, 6.45) is 0.826. The van der Waals surface area contributed by atoms with E-state index in [9.17, 15) is 9.59 Å². The van der Waals surface area contributed by atoms with Crippen molar-refractivity contribution in [2.45, 2.75) is 175 Å². The van der Waals surface area contributed by atoms with Crippen LogP contribution in [0, 0.1) is 0 Å². The fourth-order valence-corrected chi connectivity index (χ4v) is 9.01. The van der Waals surface area contributed by atoms with Crippen molar-refractivity contribution in [3.63, 3.8) is 0 Å². The third-order valence-corrected chi connectivity index (χ3v) is 17.8. The molecular weight excluding hydrogens is 1210 g/mol. The third kappa shape index (κ3) is 16.6. The number of halogens is 2. The standard InChI is InChI=1S/C25H24BNO5.C13H19BO3.C12H24B2O4.C7H7BrO.C7H5BrO/c1-24(2)25(3,4)32-26(31-24)17-7-5-16(6-8-17)15-29-19-10-12-21-23(14-19)30-22-13-18(28)9-11-20(22)27-21;1-12(2)13(3,4)17-14(16-12)11-7-5-10(9-15)6-8-11;1-9(2)10(3,4)16-13(15-9)14-17-11(5,6)12(7,8)18-14;2*8-7-3-1-6(5-9)2-4-7/h5-14H,15H2,1-4H3;5-8,15H,9H2,1-4H3;1-8H3;1-4,9H,5H2;1-5H. The Labute approximate surface area is 519 Å². The van der Waals surface area contributed by atoms with Crippen molar-refractivity contribution in [1.82, 2.24) is 4.98 Å². The minimum Gasteiger partial charge on any atom is -0.489 e. The van der Waals surface area contributed by atoms with Gasteiger partial charge >= 0.3 is 28.3 Å². The second kappa shape index (κ2) is 26.8. The van der Waals surface area contributed by atoms with Gasteiger partial charge in [0.2, 0.25) is 0 Å². The van der Waals surface area contributed by atoms with E-state index in [2.05, 4.69) is 36.8 Å². The number of hydrogen-bond donors (Lipinski definition) is 2. The fraction of sp³-hybridized carbons (Fsp3) is 0.422. The Bertz CT molecular complexity index is 3280. The number of aliphatic hydroxyl groups excluding tert-OH is 2. The van der Waals surface area contributed by atoms with Crippen LogP contribution in [0.25, 0.3) is 22.6 Å². The Balaban J connectivity index is 0.000000167. The van der Waals surface area contributed by atoms with Gasteiger partial charge < -0.3 is 56.6 Å². The van der Waals surface area contributed by atoms with E-state index in [1.54, 1.807) is 24.3 Å². The first-order valence-corrected chi connectivity index (χ1v) is 29.9. The summed E-state index contributed by atoms with van der Waals surface area (Å²) in [5.74, 6) is 1.12. The molecule has 5 aliphatic heterocycles. The molecule has 0 unspecified atom stereocenters. The molecule has 0 amide bonds. The lowest BCUT2D eigenvalue weighted by Gasteiger charge is -2.32. The van der Waals surface area contributed by atoms with E-state index >= 15 is 0 Å². The van der Waals surface area contributed by atoms with Crippen LogP contribution in [0.2, 0.25) is 0 Å². The van der Waals surface area contributed by atoms with Crippen molar-refractivity contribution in [2.24, 2.45) is 0 Å². The van der Waals surface area contributed by atoms with Gasteiger partial charge in [-0.05, 0) is 187 Å². The van der Waals surface area contributed by atoms with Gasteiger partial charge in [0.05, 0.1) is 58.0 Å². The first-order chi connectivity index (χ1) is 39.6. The zero-order chi connectivity index (χ0) is 62.6. The van der Waals surface area contributed by atoms with E-state index in [0.29, 0.717) is 40.5 Å². The van der Waals surface area contributed by atoms with Gasteiger partial charge in [-0.25, -0.2) is 4.98 Å². The molecule has 6 aliphatic rings. The fourth-order valence-electron chi connectivity index (χ4n) is 8.48. The Kier molecular flexibility index (Phi) is 21.3. The molecule has 0 aromatic heterocycles. The summed E-state index contributed by atoms with van der Waals surface area (Å²) in [7, 11) is -1.66. The molecule has 5 aromatic carbocycles. The summed E-state index contributed by atoms with van der Waals surface area (Å²) in [4.78, 5) is 26.2. The Hall–Kier alpha value is -4.99. The van der Waals surface area contributed by atoms with E-state index in [1.807, 2.05) is 208 Å². The summed E-state index contributed by atoms with van der Waals surface area (Å²) >= 11 is 6.55. The first-order valence-electron chi connectivity index (χ1n) is 28.3. The summed E-state index contributed by atoms with van der Waals surface area (Å²) < 4.78 is 61.8. The van der Waals surface area contributed by atoms with Crippen LogP contribution >= 0.6 is 31.9 Å². The first kappa shape index (κ1) is 67.5. The van der Waals surface area contributed by atoms with Gasteiger partial charge in [0.1, 0.15) is 29.9 Å². The summed E-state index contributed by atoms with van der Waals surface area (Å²) in [5, 5.41) is 17.6. The predicted molar refractivity (Wildman–Crippen MR) is 343 cm³/mol. The second-order valence-electron chi connectivity index (χ2n) is 25.3. The van der Waals surface area contributed by atoms with Crippen LogP contribution in [0.1, 0.15) is 138 Å². The average Bonchev–Trinajstić information content (AvgIpc) is 2.03. The maximum atomic E-state index is 11.6. The number of benzene rings is 6. The van der Waals surface area contributed by atoms with Gasteiger partial charge in [0.25, 0.3) is 0 Å². The van der Waals surface area contributed by atoms with Crippen LogP contribution in [0.4, 0.5) is 0 Å². The zero-order valence-electron chi connectivity index (χ0n) is 51.7. The molecule has 5 heterocycles. The van der Waals surface area contributed by atoms with E-state index in [0.717, 1.165) is 42.8 Å². The van der Waals surface area contributed by atoms with Crippen LogP contribution in [-0.2, 0) is 57.1 Å². The number of fused-ring (bicyclic) bond motifs is 2. The molecule has 1 aliphatic carbocycles. The van der Waals surface area contributed by atoms with Crippen LogP contribution < -0.4 is 21.1 Å². The minimum absolute atomic E-state index is 0.0592. The van der Waals surface area contributed by atoms with Crippen molar-refractivity contribution in [2.75, 3.05) is 0 Å². The number of nitrogens with zero attached hydrogens (tertiary/aromatic N) is 1. The molecule has 21 heteroatoms. The number of aldehydes is 1. The molecule has 15 nitrogen and oxygen atoms in total. The van der Waals surface area contributed by atoms with Crippen molar-refractivity contribution >= 4 is 88.4 Å². The number of rotatable bonds is 9. The molecule has 0 saturated carbocycles. The molecular formula is C64H79B4Br2NO14. The number of ether oxygens (including phenoxy) is 1. The summed E-state index contributed by atoms with van der Waals surface area (Å²) in [6.45, 7) is 33.1. The second-order valence-corrected chi connectivity index (χ2v) is 27.1. The molecule has 0 atom stereocenters. The normalized spacial score (nSPS) is 19.6. The highest BCUT2D eigenvalue weighted by molar-refractivity contribution is 9.10. The molecule has 2 N–H and O–H groups in total. The maximum absolute atomic E-state index is 11.6. The maximum Gasteiger partial charge on any atom is 0.494 e. The number of aromatic nitrogens is 1. The van der Waals surface area contributed by atoms with Crippen molar-refractivity contribution < 1.29 is 61.4 Å². The Morgan fingerprint density at radius 3 is 1.25 bits per heavy atom. The van der Waals surface area contributed by atoms with Crippen molar-refractivity contribution in [1.29, 1.82) is 0 Å². The van der Waals surface area contributed by atoms with Crippen LogP contribution in [0.3, 0.4) is 0 Å². The van der Waals surface area contributed by atoms with Gasteiger partial charge in [-0.15, -0.1) is 0 Å². The predicted octanol–water partition coefficient (Wildman–Crippen LogP) is 12.1. The molecule has 0 spiro atoms. The molecule has 450 valence electrons. The van der Waals surface area contributed by atoms with Gasteiger partial charge in [-0.2, -0.15) is 0 Å². The number of aliphatic hydroxyl groups is 2. The molecule has 4 saturated heterocycles. The lowest BCUT2D eigenvalue weighted by molar-refractivity contribution is 0.00578. The highest BCUT2D eigenvalue weighted by Gasteiger charge is 2.64. The molecule has 4 fully saturated rings. The summed E-state index contributed by atoms with van der Waals surface area (Å²) in [5.41, 5.74) is 4.54. The van der Waals surface area contributed by atoms with Crippen LogP contribution in [0.5, 0.6) is 5.75 Å². The molecule has 0 bridgehead atoms. The van der Waals surface area contributed by atoms with Gasteiger partial charge in [-0.3, -0.25) is 9.59 Å². The number of carbonyl (C=O) groups is 1. The van der Waals surface area contributed by atoms with E-state index in [1.165, 1.54) is 12.1 Å². The highest BCUT2D eigenvalue weighted by atomic mass is 79.9. The van der Waals surface area contributed by atoms with Gasteiger partial charge in [0.15, 0.2) is 16.8 Å². The highest BCUT2D eigenvalue weighted by Crippen LogP contribution is 2.43. The van der Waals surface area contributed by atoms with Crippen molar-refractivity contribution in [3.8, 4) is 17.2 Å². The number of hydrogen-bond acceptors (Lipinski definition) is 15. The van der Waals surface area contributed by atoms with E-state index < -0.39 is 14.0 Å². The lowest BCUT2D eigenvalue weighted by atomic mass is 9.49. The van der Waals surface area contributed by atoms with Gasteiger partial charge in [-0.1, -0.05) is 105 Å². The Morgan fingerprint density at radius 1 is 0.471 bits per heavy atom. The zero-order valence-corrected chi connectivity index (χ0v) is 54.9. The van der Waals surface area contributed by atoms with E-state index in [4.69, 9.17) is 56.6 Å². The molecule has 0 radical (unpaired) electrons. The molecule has 85 heavy (non-hydrogen) atoms. The third-order valence-electron chi connectivity index (χ3n) is 16.8. The quantitative estimate of drug-likeness (QED) is 0.0790. The smallest absolute Gasteiger partial charge is 0.489 e. The summed E-state index contributed by atoms with van der Waals surface area (Å²) in [6, 6.07) is 40.5.